The molecule has 37 heavy (non-hydrogen) atoms. The smallest absolute Gasteiger partial charge is 0.227 e. The summed E-state index contributed by atoms with van der Waals surface area (Å²) < 4.78 is 37.6. The quantitative estimate of drug-likeness (QED) is 0.0770. The van der Waals surface area contributed by atoms with Gasteiger partial charge < -0.3 is 79.1 Å². The summed E-state index contributed by atoms with van der Waals surface area (Å²) >= 11 is 0. The van der Waals surface area contributed by atoms with E-state index in [0.717, 1.165) is 13.2 Å². The number of hydrogen-bond donors (Lipinski definition) is 9. The highest BCUT2D eigenvalue weighted by Gasteiger charge is 2.63. The monoisotopic (exact) mass is 546 g/mol. The third kappa shape index (κ3) is 7.73. The number of rotatable bonds is 13. The highest BCUT2D eigenvalue weighted by Crippen LogP contribution is 2.42. The molecule has 0 aliphatic carbocycles. The van der Waals surface area contributed by atoms with Crippen LogP contribution in [-0.4, -0.2) is 172 Å². The third-order valence-corrected chi connectivity index (χ3v) is 6.17. The van der Waals surface area contributed by atoms with Crippen LogP contribution in [0.15, 0.2) is 0 Å². The molecule has 0 spiro atoms. The van der Waals surface area contributed by atoms with Crippen molar-refractivity contribution in [1.82, 2.24) is 0 Å². The van der Waals surface area contributed by atoms with Crippen molar-refractivity contribution in [1.29, 1.82) is 0 Å². The Morgan fingerprint density at radius 1 is 0.865 bits per heavy atom. The van der Waals surface area contributed by atoms with E-state index in [0.29, 0.717) is 6.61 Å². The van der Waals surface area contributed by atoms with Crippen molar-refractivity contribution in [2.75, 3.05) is 52.9 Å². The maximum atomic E-state index is 11.0. The fraction of sp³-hybridized carbons (Fsp3) is 1.00. The molecule has 4 saturated heterocycles. The first kappa shape index (κ1) is 30.9. The van der Waals surface area contributed by atoms with Gasteiger partial charge >= 0.3 is 0 Å². The highest BCUT2D eigenvalue weighted by atomic mass is 16.8. The van der Waals surface area contributed by atoms with Crippen molar-refractivity contribution >= 4 is 0 Å². The molecule has 16 heteroatoms. The van der Waals surface area contributed by atoms with Crippen molar-refractivity contribution in [3.8, 4) is 0 Å². The average Bonchev–Trinajstić information content (AvgIpc) is 3.82. The molecule has 4 rings (SSSR count). The Bertz CT molecular complexity index is 662. The standard InChI is InChI=1S/C19H34O15.C2H4O/c20-1-2-29-12(6-23)32-11(3-8-7-30-8)19(17(28)14(25)10(5-22)33-19)34-18-16(27)15(26)13(24)9(4-21)31-18;1-2-3-1/h8-18,20-28H,1-7H2;1-2H2/t8?,9-,10-,11?,12?,13-,14-,15+,16-,17+,18-,19+;/m1./s1. The maximum absolute atomic E-state index is 11.0. The van der Waals surface area contributed by atoms with Gasteiger partial charge in [-0.3, -0.25) is 0 Å². The van der Waals surface area contributed by atoms with Crippen LogP contribution in [0.3, 0.4) is 0 Å². The van der Waals surface area contributed by atoms with E-state index in [2.05, 4.69) is 4.74 Å². The molecule has 0 aromatic rings. The predicted molar refractivity (Wildman–Crippen MR) is 116 cm³/mol. The molecule has 0 amide bonds. The van der Waals surface area contributed by atoms with Crippen LogP contribution in [0.25, 0.3) is 0 Å². The van der Waals surface area contributed by atoms with Gasteiger partial charge in [-0.05, 0) is 0 Å². The molecular weight excluding hydrogens is 508 g/mol. The van der Waals surface area contributed by atoms with Gasteiger partial charge in [0.15, 0.2) is 12.6 Å². The van der Waals surface area contributed by atoms with E-state index >= 15 is 0 Å². The molecular formula is C21H38O16. The van der Waals surface area contributed by atoms with Crippen molar-refractivity contribution < 1.29 is 79.1 Å². The molecule has 0 saturated carbocycles. The van der Waals surface area contributed by atoms with Gasteiger partial charge in [-0.15, -0.1) is 0 Å². The predicted octanol–water partition coefficient (Wildman–Crippen LogP) is -5.87. The second-order valence-electron chi connectivity index (χ2n) is 8.95. The molecule has 0 aromatic carbocycles. The molecule has 0 radical (unpaired) electrons. The average molecular weight is 547 g/mol. The minimum atomic E-state index is -2.36. The summed E-state index contributed by atoms with van der Waals surface area (Å²) in [5, 5.41) is 89.8. The summed E-state index contributed by atoms with van der Waals surface area (Å²) in [6.45, 7) is -0.438. The summed E-state index contributed by atoms with van der Waals surface area (Å²) in [5.41, 5.74) is 0. The Labute approximate surface area is 212 Å². The van der Waals surface area contributed by atoms with Crippen LogP contribution in [0.4, 0.5) is 0 Å². The van der Waals surface area contributed by atoms with Crippen molar-refractivity contribution in [2.45, 2.75) is 79.7 Å². The van der Waals surface area contributed by atoms with Crippen molar-refractivity contribution in [2.24, 2.45) is 0 Å². The van der Waals surface area contributed by atoms with Gasteiger partial charge in [0.1, 0.15) is 48.8 Å². The largest absolute Gasteiger partial charge is 0.394 e. The van der Waals surface area contributed by atoms with E-state index in [-0.39, 0.29) is 19.6 Å². The molecule has 0 aromatic heterocycles. The molecule has 218 valence electrons. The Morgan fingerprint density at radius 3 is 2.00 bits per heavy atom. The van der Waals surface area contributed by atoms with E-state index in [1.807, 2.05) is 0 Å². The molecule has 3 unspecified atom stereocenters. The van der Waals surface area contributed by atoms with Gasteiger partial charge in [0, 0.05) is 6.42 Å². The van der Waals surface area contributed by atoms with Gasteiger partial charge in [-0.1, -0.05) is 0 Å². The fourth-order valence-corrected chi connectivity index (χ4v) is 4.01. The van der Waals surface area contributed by atoms with Gasteiger partial charge in [0.05, 0.1) is 59.0 Å². The van der Waals surface area contributed by atoms with Crippen LogP contribution in [0.1, 0.15) is 6.42 Å². The lowest BCUT2D eigenvalue weighted by molar-refractivity contribution is -0.407. The molecule has 4 aliphatic heterocycles. The van der Waals surface area contributed by atoms with Crippen molar-refractivity contribution in [3.63, 3.8) is 0 Å². The summed E-state index contributed by atoms with van der Waals surface area (Å²) in [7, 11) is 0. The number of ether oxygens (including phenoxy) is 7. The van der Waals surface area contributed by atoms with Crippen LogP contribution in [0.2, 0.25) is 0 Å². The summed E-state index contributed by atoms with van der Waals surface area (Å²) in [6, 6.07) is 0. The number of aliphatic hydroxyl groups excluding tert-OH is 9. The first-order valence-corrected chi connectivity index (χ1v) is 12.0. The first-order chi connectivity index (χ1) is 17.7. The molecule has 16 nitrogen and oxygen atoms in total. The third-order valence-electron chi connectivity index (χ3n) is 6.17. The second kappa shape index (κ2) is 14.1. The minimum Gasteiger partial charge on any atom is -0.394 e. The topological polar surface area (TPSA) is 253 Å². The van der Waals surface area contributed by atoms with Gasteiger partial charge in [-0.2, -0.15) is 0 Å². The first-order valence-electron chi connectivity index (χ1n) is 12.0. The zero-order valence-corrected chi connectivity index (χ0v) is 20.1. The van der Waals surface area contributed by atoms with Gasteiger partial charge in [0.25, 0.3) is 0 Å². The lowest BCUT2D eigenvalue weighted by Gasteiger charge is -2.46. The molecule has 4 fully saturated rings. The van der Waals surface area contributed by atoms with Crippen LogP contribution < -0.4 is 0 Å². The SMILES string of the molecule is C1CO1.OCCOC(CO)OC(CC1CO1)[C@@]1(O[C@H]2O[C@H](CO)[C@@H](O)[C@H](O)[C@H]2O)O[C@H](CO)[C@@H](O)[C@@H]1O. The molecule has 4 heterocycles. The van der Waals surface area contributed by atoms with E-state index in [1.165, 1.54) is 0 Å². The van der Waals surface area contributed by atoms with Gasteiger partial charge in [-0.25, -0.2) is 0 Å². The fourth-order valence-electron chi connectivity index (χ4n) is 4.01. The number of hydrogen-bond acceptors (Lipinski definition) is 16. The zero-order chi connectivity index (χ0) is 27.2. The van der Waals surface area contributed by atoms with Gasteiger partial charge in [0.2, 0.25) is 5.79 Å². The van der Waals surface area contributed by atoms with Crippen molar-refractivity contribution in [3.05, 3.63) is 0 Å². The van der Waals surface area contributed by atoms with Crippen LogP contribution >= 0.6 is 0 Å². The summed E-state index contributed by atoms with van der Waals surface area (Å²) in [4.78, 5) is 0. The lowest BCUT2D eigenvalue weighted by atomic mass is 9.95. The number of epoxide rings is 2. The van der Waals surface area contributed by atoms with E-state index in [4.69, 9.17) is 33.5 Å². The molecule has 0 bridgehead atoms. The highest BCUT2D eigenvalue weighted by molar-refractivity contribution is 5.04. The Balaban J connectivity index is 0.00000118. The second-order valence-corrected chi connectivity index (χ2v) is 8.95. The Kier molecular flexibility index (Phi) is 11.8. The van der Waals surface area contributed by atoms with Crippen LogP contribution in [0, 0.1) is 0 Å². The summed E-state index contributed by atoms with van der Waals surface area (Å²) in [5.74, 6) is -2.36. The molecule has 4 aliphatic rings. The van der Waals surface area contributed by atoms with E-state index < -0.39 is 93.1 Å². The summed E-state index contributed by atoms with van der Waals surface area (Å²) in [6.07, 6.45) is -16.6. The maximum Gasteiger partial charge on any atom is 0.227 e. The van der Waals surface area contributed by atoms with E-state index in [1.54, 1.807) is 0 Å². The van der Waals surface area contributed by atoms with Crippen LogP contribution in [-0.2, 0) is 33.2 Å². The Hall–Kier alpha value is -0.640. The normalized spacial score (nSPS) is 42.6. The zero-order valence-electron chi connectivity index (χ0n) is 20.1. The Morgan fingerprint density at radius 2 is 1.51 bits per heavy atom. The molecule has 9 N–H and O–H groups in total. The van der Waals surface area contributed by atoms with E-state index in [9.17, 15) is 40.9 Å². The molecule has 12 atom stereocenters. The minimum absolute atomic E-state index is 0.0294. The lowest BCUT2D eigenvalue weighted by Crippen LogP contribution is -2.65. The number of aliphatic hydroxyl groups is 9. The van der Waals surface area contributed by atoms with Crippen LogP contribution in [0.5, 0.6) is 0 Å².